The Morgan fingerprint density at radius 2 is 1.94 bits per heavy atom. The normalized spacial score (nSPS) is 12.9. The van der Waals surface area contributed by atoms with Crippen molar-refractivity contribution in [2.24, 2.45) is 21.5 Å². The van der Waals surface area contributed by atoms with Crippen LogP contribution >= 0.6 is 0 Å². The molecule has 0 aliphatic rings. The molecule has 6 heteroatoms. The van der Waals surface area contributed by atoms with E-state index in [0.717, 1.165) is 5.56 Å². The first-order valence-corrected chi connectivity index (χ1v) is 5.58. The van der Waals surface area contributed by atoms with Gasteiger partial charge in [0.1, 0.15) is 5.82 Å². The molecule has 1 aromatic rings. The highest BCUT2D eigenvalue weighted by atomic mass is 19.1. The maximum absolute atomic E-state index is 13.1. The van der Waals surface area contributed by atoms with E-state index in [-0.39, 0.29) is 23.8 Å². The second-order valence-electron chi connectivity index (χ2n) is 4.22. The number of anilines is 1. The summed E-state index contributed by atoms with van der Waals surface area (Å²) in [6.45, 7) is 5.54. The largest absolute Gasteiger partial charge is 0.369 e. The molecule has 0 spiro atoms. The highest BCUT2D eigenvalue weighted by Gasteiger charge is 2.00. The van der Waals surface area contributed by atoms with E-state index in [2.05, 4.69) is 15.3 Å². The number of guanidine groups is 2. The van der Waals surface area contributed by atoms with E-state index < -0.39 is 0 Å². The summed E-state index contributed by atoms with van der Waals surface area (Å²) in [6.07, 6.45) is 0. The summed E-state index contributed by atoms with van der Waals surface area (Å²) in [5.41, 5.74) is 12.5. The van der Waals surface area contributed by atoms with Crippen molar-refractivity contribution in [2.45, 2.75) is 26.8 Å². The zero-order valence-corrected chi connectivity index (χ0v) is 10.7. The molecular weight excluding hydrogens is 233 g/mol. The average Bonchev–Trinajstić information content (AvgIpc) is 2.12. The van der Waals surface area contributed by atoms with Crippen LogP contribution in [0.2, 0.25) is 0 Å². The molecule has 0 aliphatic heterocycles. The Kier molecular flexibility index (Phi) is 4.65. The van der Waals surface area contributed by atoms with Gasteiger partial charge >= 0.3 is 0 Å². The number of aliphatic imine (C=N–C) groups is 2. The topological polar surface area (TPSA) is 88.8 Å². The maximum Gasteiger partial charge on any atom is 0.218 e. The van der Waals surface area contributed by atoms with Gasteiger partial charge in [-0.1, -0.05) is 0 Å². The first-order chi connectivity index (χ1) is 8.36. The number of halogens is 1. The second kappa shape index (κ2) is 6.00. The van der Waals surface area contributed by atoms with Crippen molar-refractivity contribution in [3.8, 4) is 0 Å². The molecular formula is C12H18FN5. The Morgan fingerprint density at radius 3 is 2.50 bits per heavy atom. The first-order valence-electron chi connectivity index (χ1n) is 5.58. The summed E-state index contributed by atoms with van der Waals surface area (Å²) in [6, 6.07) is 4.54. The fourth-order valence-electron chi connectivity index (χ4n) is 1.40. The van der Waals surface area contributed by atoms with Crippen LogP contribution in [0.15, 0.2) is 28.2 Å². The van der Waals surface area contributed by atoms with E-state index in [9.17, 15) is 4.39 Å². The van der Waals surface area contributed by atoms with E-state index >= 15 is 0 Å². The van der Waals surface area contributed by atoms with Crippen molar-refractivity contribution in [3.63, 3.8) is 0 Å². The number of rotatable bonds is 2. The van der Waals surface area contributed by atoms with E-state index in [4.69, 9.17) is 11.5 Å². The molecule has 0 radical (unpaired) electrons. The standard InChI is InChI=1S/C12H18FN5/c1-7(2)16-11(14)18-12(15)17-10-5-8(3)4-9(13)6-10/h4-7H,1-3H3,(H5,14,15,16,17,18). The van der Waals surface area contributed by atoms with Crippen LogP contribution in [0.1, 0.15) is 19.4 Å². The smallest absolute Gasteiger partial charge is 0.218 e. The number of hydrogen-bond donors (Lipinski definition) is 3. The minimum atomic E-state index is -0.339. The van der Waals surface area contributed by atoms with Gasteiger partial charge in [0.25, 0.3) is 0 Å². The Bertz CT molecular complexity index is 459. The van der Waals surface area contributed by atoms with Crippen molar-refractivity contribution >= 4 is 17.6 Å². The van der Waals surface area contributed by atoms with Gasteiger partial charge in [0.05, 0.1) is 0 Å². The Hall–Kier alpha value is -2.11. The summed E-state index contributed by atoms with van der Waals surface area (Å²) in [7, 11) is 0. The summed E-state index contributed by atoms with van der Waals surface area (Å²) in [4.78, 5) is 7.87. The third kappa shape index (κ3) is 4.82. The quantitative estimate of drug-likeness (QED) is 0.550. The fraction of sp³-hybridized carbons (Fsp3) is 0.333. The van der Waals surface area contributed by atoms with Crippen molar-refractivity contribution < 1.29 is 4.39 Å². The van der Waals surface area contributed by atoms with Gasteiger partial charge in [0.15, 0.2) is 0 Å². The van der Waals surface area contributed by atoms with Gasteiger partial charge in [-0.15, -0.1) is 0 Å². The van der Waals surface area contributed by atoms with Crippen LogP contribution in [-0.4, -0.2) is 18.0 Å². The molecule has 0 bridgehead atoms. The second-order valence-corrected chi connectivity index (χ2v) is 4.22. The summed E-state index contributed by atoms with van der Waals surface area (Å²) >= 11 is 0. The lowest BCUT2D eigenvalue weighted by Crippen LogP contribution is -2.26. The van der Waals surface area contributed by atoms with Gasteiger partial charge < -0.3 is 16.8 Å². The van der Waals surface area contributed by atoms with Crippen molar-refractivity contribution in [3.05, 3.63) is 29.6 Å². The van der Waals surface area contributed by atoms with Crippen LogP contribution in [0.5, 0.6) is 0 Å². The third-order valence-corrected chi connectivity index (χ3v) is 1.94. The number of nitrogens with two attached hydrogens (primary N) is 2. The lowest BCUT2D eigenvalue weighted by atomic mass is 10.2. The Labute approximate surface area is 106 Å². The van der Waals surface area contributed by atoms with E-state index in [1.807, 2.05) is 13.8 Å². The highest BCUT2D eigenvalue weighted by molar-refractivity contribution is 6.00. The van der Waals surface area contributed by atoms with Gasteiger partial charge in [-0.05, 0) is 44.5 Å². The molecule has 0 saturated carbocycles. The SMILES string of the molecule is Cc1cc(F)cc(NC(N)=NC(N)=NC(C)C)c1. The minimum Gasteiger partial charge on any atom is -0.369 e. The predicted octanol–water partition coefficient (Wildman–Crippen LogP) is 1.58. The first kappa shape index (κ1) is 14.0. The number of hydrogen-bond acceptors (Lipinski definition) is 1. The summed E-state index contributed by atoms with van der Waals surface area (Å²) < 4.78 is 13.1. The molecule has 0 saturated heterocycles. The molecule has 0 aromatic heterocycles. The van der Waals surface area contributed by atoms with Gasteiger partial charge in [-0.25, -0.2) is 9.38 Å². The maximum atomic E-state index is 13.1. The van der Waals surface area contributed by atoms with Crippen LogP contribution in [0.4, 0.5) is 10.1 Å². The van der Waals surface area contributed by atoms with E-state index in [1.54, 1.807) is 13.0 Å². The van der Waals surface area contributed by atoms with E-state index in [1.165, 1.54) is 12.1 Å². The number of benzene rings is 1. The fourth-order valence-corrected chi connectivity index (χ4v) is 1.40. The molecule has 0 fully saturated rings. The molecule has 0 unspecified atom stereocenters. The van der Waals surface area contributed by atoms with Crippen molar-refractivity contribution in [1.82, 2.24) is 0 Å². The van der Waals surface area contributed by atoms with Crippen LogP contribution in [-0.2, 0) is 0 Å². The average molecular weight is 251 g/mol. The molecule has 0 heterocycles. The Morgan fingerprint density at radius 1 is 1.28 bits per heavy atom. The predicted molar refractivity (Wildman–Crippen MR) is 73.1 cm³/mol. The van der Waals surface area contributed by atoms with Crippen molar-refractivity contribution in [2.75, 3.05) is 5.32 Å². The van der Waals surface area contributed by atoms with Gasteiger partial charge in [-0.2, -0.15) is 4.99 Å². The van der Waals surface area contributed by atoms with Crippen molar-refractivity contribution in [1.29, 1.82) is 0 Å². The van der Waals surface area contributed by atoms with Gasteiger partial charge in [0.2, 0.25) is 11.9 Å². The van der Waals surface area contributed by atoms with Crippen LogP contribution in [0, 0.1) is 12.7 Å². The highest BCUT2D eigenvalue weighted by Crippen LogP contribution is 2.12. The Balaban J connectivity index is 2.81. The monoisotopic (exact) mass is 251 g/mol. The van der Waals surface area contributed by atoms with Crippen LogP contribution < -0.4 is 16.8 Å². The molecule has 98 valence electrons. The molecule has 5 nitrogen and oxygen atoms in total. The molecule has 1 aromatic carbocycles. The molecule has 0 amide bonds. The molecule has 0 atom stereocenters. The third-order valence-electron chi connectivity index (χ3n) is 1.94. The zero-order chi connectivity index (χ0) is 13.7. The minimum absolute atomic E-state index is 0.0398. The molecule has 0 aliphatic carbocycles. The number of aryl methyl sites for hydroxylation is 1. The number of nitrogens with one attached hydrogen (secondary N) is 1. The summed E-state index contributed by atoms with van der Waals surface area (Å²) in [5.74, 6) is -0.181. The molecule has 18 heavy (non-hydrogen) atoms. The molecule has 5 N–H and O–H groups in total. The lowest BCUT2D eigenvalue weighted by molar-refractivity contribution is 0.627. The zero-order valence-electron chi connectivity index (χ0n) is 10.7. The van der Waals surface area contributed by atoms with Gasteiger partial charge in [-0.3, -0.25) is 0 Å². The van der Waals surface area contributed by atoms with Gasteiger partial charge in [0, 0.05) is 11.7 Å². The lowest BCUT2D eigenvalue weighted by Gasteiger charge is -2.06. The summed E-state index contributed by atoms with van der Waals surface area (Å²) in [5, 5.41) is 2.75. The van der Waals surface area contributed by atoms with E-state index in [0.29, 0.717) is 5.69 Å². The van der Waals surface area contributed by atoms with Crippen LogP contribution in [0.3, 0.4) is 0 Å². The van der Waals surface area contributed by atoms with Crippen LogP contribution in [0.25, 0.3) is 0 Å². The number of nitrogens with zero attached hydrogens (tertiary/aromatic N) is 2. The molecule has 1 rings (SSSR count).